The Morgan fingerprint density at radius 2 is 1.95 bits per heavy atom. The average molecular weight is 296 g/mol. The van der Waals surface area contributed by atoms with Gasteiger partial charge in [0.1, 0.15) is 5.75 Å². The van der Waals surface area contributed by atoms with Gasteiger partial charge in [-0.15, -0.1) is 0 Å². The van der Waals surface area contributed by atoms with Crippen LogP contribution in [0.15, 0.2) is 54.9 Å². The molecule has 0 saturated heterocycles. The number of benzene rings is 2. The molecule has 2 aromatic carbocycles. The van der Waals surface area contributed by atoms with Crippen LogP contribution < -0.4 is 4.74 Å². The number of carboxylic acids is 1. The smallest absolute Gasteiger partial charge is 0.344 e. The van der Waals surface area contributed by atoms with Crippen LogP contribution in [0, 0.1) is 0 Å². The fourth-order valence-electron chi connectivity index (χ4n) is 2.26. The largest absolute Gasteiger partial charge is 0.479 e. The molecule has 0 radical (unpaired) electrons. The molecule has 0 fully saturated rings. The normalized spacial score (nSPS) is 12.2. The van der Waals surface area contributed by atoms with E-state index in [0.717, 1.165) is 16.6 Å². The molecule has 112 valence electrons. The van der Waals surface area contributed by atoms with Crippen molar-refractivity contribution in [2.24, 2.45) is 0 Å². The molecule has 1 unspecified atom stereocenters. The van der Waals surface area contributed by atoms with Crippen LogP contribution >= 0.6 is 0 Å². The number of carboxylic acid groups (broad SMARTS) is 1. The number of nitrogens with zero attached hydrogens (tertiary/aromatic N) is 2. The van der Waals surface area contributed by atoms with E-state index in [1.54, 1.807) is 12.1 Å². The molecular formula is C17H16N2O3. The second-order valence-electron chi connectivity index (χ2n) is 5.10. The average Bonchev–Trinajstić information content (AvgIpc) is 2.92. The summed E-state index contributed by atoms with van der Waals surface area (Å²) in [7, 11) is 0. The maximum Gasteiger partial charge on any atom is 0.344 e. The molecule has 5 nitrogen and oxygen atoms in total. The van der Waals surface area contributed by atoms with Gasteiger partial charge in [-0.25, -0.2) is 9.78 Å². The van der Waals surface area contributed by atoms with Crippen LogP contribution in [0.5, 0.6) is 5.75 Å². The summed E-state index contributed by atoms with van der Waals surface area (Å²) < 4.78 is 7.39. The van der Waals surface area contributed by atoms with Gasteiger partial charge in [0.05, 0.1) is 17.4 Å². The number of fused-ring (bicyclic) bond motifs is 1. The molecule has 0 bridgehead atoms. The van der Waals surface area contributed by atoms with Crippen LogP contribution in [0.3, 0.4) is 0 Å². The van der Waals surface area contributed by atoms with E-state index < -0.39 is 12.1 Å². The summed E-state index contributed by atoms with van der Waals surface area (Å²) in [5.74, 6) is -0.428. The maximum atomic E-state index is 10.8. The minimum Gasteiger partial charge on any atom is -0.479 e. The topological polar surface area (TPSA) is 64.4 Å². The first-order valence-electron chi connectivity index (χ1n) is 7.02. The molecule has 1 aromatic heterocycles. The lowest BCUT2D eigenvalue weighted by Gasteiger charge is -2.11. The quantitative estimate of drug-likeness (QED) is 0.786. The van der Waals surface area contributed by atoms with Crippen LogP contribution in [0.1, 0.15) is 12.5 Å². The van der Waals surface area contributed by atoms with E-state index in [2.05, 4.69) is 9.55 Å². The Balaban J connectivity index is 1.75. The summed E-state index contributed by atoms with van der Waals surface area (Å²) >= 11 is 0. The van der Waals surface area contributed by atoms with E-state index in [-0.39, 0.29) is 0 Å². The zero-order valence-electron chi connectivity index (χ0n) is 12.1. The number of ether oxygens (including phenoxy) is 1. The molecule has 0 aliphatic carbocycles. The highest BCUT2D eigenvalue weighted by molar-refractivity contribution is 5.75. The van der Waals surface area contributed by atoms with Gasteiger partial charge in [-0.05, 0) is 36.8 Å². The molecule has 0 amide bonds. The summed E-state index contributed by atoms with van der Waals surface area (Å²) in [6, 6.07) is 15.4. The van der Waals surface area contributed by atoms with Crippen molar-refractivity contribution in [1.82, 2.24) is 9.55 Å². The maximum absolute atomic E-state index is 10.8. The second kappa shape index (κ2) is 5.89. The standard InChI is InChI=1S/C17H16N2O3/c1-12(17(20)21)22-14-8-6-13(7-9-14)10-19-11-18-15-4-2-3-5-16(15)19/h2-9,11-12H,10H2,1H3,(H,20,21). The first kappa shape index (κ1) is 14.1. The molecule has 0 saturated carbocycles. The molecule has 1 heterocycles. The van der Waals surface area contributed by atoms with Crippen LogP contribution in [0.25, 0.3) is 11.0 Å². The number of carbonyl (C=O) groups is 1. The number of hydrogen-bond donors (Lipinski definition) is 1. The van der Waals surface area contributed by atoms with Crippen molar-refractivity contribution >= 4 is 17.0 Å². The van der Waals surface area contributed by atoms with Crippen molar-refractivity contribution in [2.45, 2.75) is 19.6 Å². The Morgan fingerprint density at radius 1 is 1.23 bits per heavy atom. The molecule has 1 N–H and O–H groups in total. The first-order valence-corrected chi connectivity index (χ1v) is 7.02. The van der Waals surface area contributed by atoms with Crippen LogP contribution in [0.4, 0.5) is 0 Å². The van der Waals surface area contributed by atoms with Crippen molar-refractivity contribution in [1.29, 1.82) is 0 Å². The van der Waals surface area contributed by atoms with Crippen LogP contribution in [-0.2, 0) is 11.3 Å². The third-order valence-electron chi connectivity index (χ3n) is 3.46. The van der Waals surface area contributed by atoms with Crippen LogP contribution in [0.2, 0.25) is 0 Å². The SMILES string of the molecule is CC(Oc1ccc(Cn2cnc3ccccc32)cc1)C(=O)O. The number of hydrogen-bond acceptors (Lipinski definition) is 3. The molecule has 0 aliphatic rings. The van der Waals surface area contributed by atoms with Crippen molar-refractivity contribution < 1.29 is 14.6 Å². The highest BCUT2D eigenvalue weighted by Crippen LogP contribution is 2.17. The van der Waals surface area contributed by atoms with E-state index in [1.165, 1.54) is 6.92 Å². The summed E-state index contributed by atoms with van der Waals surface area (Å²) in [5.41, 5.74) is 3.15. The number of aromatic nitrogens is 2. The van der Waals surface area contributed by atoms with Gasteiger partial charge in [-0.1, -0.05) is 24.3 Å². The van der Waals surface area contributed by atoms with Crippen LogP contribution in [-0.4, -0.2) is 26.7 Å². The molecule has 0 spiro atoms. The second-order valence-corrected chi connectivity index (χ2v) is 5.10. The molecule has 3 aromatic rings. The predicted octanol–water partition coefficient (Wildman–Crippen LogP) is 2.94. The Kier molecular flexibility index (Phi) is 3.78. The lowest BCUT2D eigenvalue weighted by Crippen LogP contribution is -2.22. The summed E-state index contributed by atoms with van der Waals surface area (Å²) in [5, 5.41) is 8.83. The number of para-hydroxylation sites is 2. The first-order chi connectivity index (χ1) is 10.6. The minimum atomic E-state index is -0.978. The minimum absolute atomic E-state index is 0.550. The van der Waals surface area contributed by atoms with Crippen molar-refractivity contribution in [3.8, 4) is 5.75 Å². The van der Waals surface area contributed by atoms with Gasteiger partial charge in [0.15, 0.2) is 6.10 Å². The predicted molar refractivity (Wildman–Crippen MR) is 83.0 cm³/mol. The molecule has 0 aliphatic heterocycles. The summed E-state index contributed by atoms with van der Waals surface area (Å²) in [4.78, 5) is 15.1. The Bertz CT molecular complexity index is 793. The van der Waals surface area contributed by atoms with Crippen molar-refractivity contribution in [2.75, 3.05) is 0 Å². The highest BCUT2D eigenvalue weighted by atomic mass is 16.5. The van der Waals surface area contributed by atoms with E-state index >= 15 is 0 Å². The molecular weight excluding hydrogens is 280 g/mol. The number of rotatable bonds is 5. The van der Waals surface area contributed by atoms with Gasteiger partial charge in [-0.3, -0.25) is 0 Å². The van der Waals surface area contributed by atoms with Gasteiger partial charge in [0.2, 0.25) is 0 Å². The Labute approximate surface area is 127 Å². The molecule has 5 heteroatoms. The fraction of sp³-hybridized carbons (Fsp3) is 0.176. The van der Waals surface area contributed by atoms with E-state index in [0.29, 0.717) is 12.3 Å². The zero-order chi connectivity index (χ0) is 15.5. The lowest BCUT2D eigenvalue weighted by molar-refractivity contribution is -0.144. The Hall–Kier alpha value is -2.82. The Morgan fingerprint density at radius 3 is 2.68 bits per heavy atom. The molecule has 22 heavy (non-hydrogen) atoms. The van der Waals surface area contributed by atoms with Gasteiger partial charge in [0, 0.05) is 6.54 Å². The van der Waals surface area contributed by atoms with Gasteiger partial charge in [0.25, 0.3) is 0 Å². The fourth-order valence-corrected chi connectivity index (χ4v) is 2.26. The van der Waals surface area contributed by atoms with E-state index in [4.69, 9.17) is 9.84 Å². The lowest BCUT2D eigenvalue weighted by atomic mass is 10.2. The molecule has 1 atom stereocenters. The monoisotopic (exact) mass is 296 g/mol. The highest BCUT2D eigenvalue weighted by Gasteiger charge is 2.12. The zero-order valence-corrected chi connectivity index (χ0v) is 12.1. The van der Waals surface area contributed by atoms with E-state index in [9.17, 15) is 4.79 Å². The van der Waals surface area contributed by atoms with Gasteiger partial charge >= 0.3 is 5.97 Å². The van der Waals surface area contributed by atoms with E-state index in [1.807, 2.05) is 42.7 Å². The molecule has 3 rings (SSSR count). The van der Waals surface area contributed by atoms with Gasteiger partial charge in [-0.2, -0.15) is 0 Å². The number of imidazole rings is 1. The van der Waals surface area contributed by atoms with Crippen molar-refractivity contribution in [3.63, 3.8) is 0 Å². The third kappa shape index (κ3) is 2.93. The third-order valence-corrected chi connectivity index (χ3v) is 3.46. The summed E-state index contributed by atoms with van der Waals surface area (Å²) in [6.07, 6.45) is 0.963. The number of aliphatic carboxylic acids is 1. The van der Waals surface area contributed by atoms with Crippen molar-refractivity contribution in [3.05, 3.63) is 60.4 Å². The summed E-state index contributed by atoms with van der Waals surface area (Å²) in [6.45, 7) is 2.21. The van der Waals surface area contributed by atoms with Gasteiger partial charge < -0.3 is 14.4 Å².